The third-order valence-corrected chi connectivity index (χ3v) is 2.84. The Morgan fingerprint density at radius 2 is 1.77 bits per heavy atom. The zero-order chi connectivity index (χ0) is 16.5. The second-order valence-corrected chi connectivity index (χ2v) is 4.35. The van der Waals surface area contributed by atoms with Crippen molar-refractivity contribution in [2.75, 3.05) is 14.2 Å². The minimum atomic E-state index is -1.63. The van der Waals surface area contributed by atoms with Crippen LogP contribution < -0.4 is 5.32 Å². The third kappa shape index (κ3) is 5.32. The van der Waals surface area contributed by atoms with Crippen LogP contribution in [0.15, 0.2) is 30.3 Å². The van der Waals surface area contributed by atoms with Gasteiger partial charge in [-0.15, -0.1) is 0 Å². The molecule has 0 aliphatic rings. The molecule has 0 fully saturated rings. The van der Waals surface area contributed by atoms with Gasteiger partial charge in [0.05, 0.1) is 0 Å². The van der Waals surface area contributed by atoms with Crippen molar-refractivity contribution in [2.45, 2.75) is 25.0 Å². The summed E-state index contributed by atoms with van der Waals surface area (Å²) in [5.74, 6) is -1.44. The van der Waals surface area contributed by atoms with Gasteiger partial charge in [0.15, 0.2) is 12.3 Å². The van der Waals surface area contributed by atoms with Crippen LogP contribution in [0.3, 0.4) is 0 Å². The van der Waals surface area contributed by atoms with Gasteiger partial charge in [0.2, 0.25) is 0 Å². The standard InChI is InChI=1S/C14H19NO7/c1-20-13(21-2)11(16)10(12(17)18)15-14(19)22-8-9-6-4-3-5-7-9/h3-7,10-11,13,16H,8H2,1-2H3,(H,15,19)(H,17,18)/t10-,11+/m0/s1. The van der Waals surface area contributed by atoms with Crippen molar-refractivity contribution in [1.29, 1.82) is 0 Å². The number of carboxylic acids is 1. The van der Waals surface area contributed by atoms with Crippen LogP contribution in [0.25, 0.3) is 0 Å². The Balaban J connectivity index is 2.59. The smallest absolute Gasteiger partial charge is 0.408 e. The molecule has 0 aliphatic heterocycles. The van der Waals surface area contributed by atoms with Crippen molar-refractivity contribution >= 4 is 12.1 Å². The summed E-state index contributed by atoms with van der Waals surface area (Å²) in [6.45, 7) is -0.0207. The molecule has 0 unspecified atom stereocenters. The molecule has 2 atom stereocenters. The van der Waals surface area contributed by atoms with Crippen LogP contribution in [0.1, 0.15) is 5.56 Å². The highest BCUT2D eigenvalue weighted by Gasteiger charge is 2.35. The van der Waals surface area contributed by atoms with Gasteiger partial charge in [0.1, 0.15) is 12.7 Å². The van der Waals surface area contributed by atoms with E-state index in [2.05, 4.69) is 5.32 Å². The van der Waals surface area contributed by atoms with Crippen molar-refractivity contribution in [3.05, 3.63) is 35.9 Å². The predicted octanol–water partition coefficient (Wildman–Crippen LogP) is 0.346. The number of nitrogens with one attached hydrogen (secondary N) is 1. The number of methoxy groups -OCH3 is 2. The molecule has 1 aromatic carbocycles. The van der Waals surface area contributed by atoms with Gasteiger partial charge in [-0.05, 0) is 5.56 Å². The summed E-state index contributed by atoms with van der Waals surface area (Å²) in [4.78, 5) is 22.8. The van der Waals surface area contributed by atoms with E-state index in [9.17, 15) is 14.7 Å². The lowest BCUT2D eigenvalue weighted by Gasteiger charge is -2.25. The van der Waals surface area contributed by atoms with Gasteiger partial charge >= 0.3 is 12.1 Å². The number of carbonyl (C=O) groups is 2. The van der Waals surface area contributed by atoms with Crippen molar-refractivity contribution in [3.63, 3.8) is 0 Å². The Morgan fingerprint density at radius 1 is 1.18 bits per heavy atom. The average molecular weight is 313 g/mol. The molecular formula is C14H19NO7. The Kier molecular flexibility index (Phi) is 7.30. The van der Waals surface area contributed by atoms with Crippen molar-refractivity contribution in [1.82, 2.24) is 5.32 Å². The summed E-state index contributed by atoms with van der Waals surface area (Å²) in [6.07, 6.45) is -3.77. The molecule has 8 nitrogen and oxygen atoms in total. The maximum atomic E-state index is 11.6. The highest BCUT2D eigenvalue weighted by atomic mass is 16.7. The predicted molar refractivity (Wildman–Crippen MR) is 75.0 cm³/mol. The van der Waals surface area contributed by atoms with Crippen LogP contribution >= 0.6 is 0 Å². The van der Waals surface area contributed by atoms with Gasteiger partial charge in [-0.25, -0.2) is 9.59 Å². The second-order valence-electron chi connectivity index (χ2n) is 4.35. The summed E-state index contributed by atoms with van der Waals surface area (Å²) in [7, 11) is 2.48. The molecule has 8 heteroatoms. The number of aliphatic carboxylic acids is 1. The van der Waals surface area contributed by atoms with E-state index in [-0.39, 0.29) is 6.61 Å². The normalized spacial score (nSPS) is 13.5. The molecule has 122 valence electrons. The van der Waals surface area contributed by atoms with E-state index in [4.69, 9.17) is 19.3 Å². The number of aliphatic hydroxyl groups excluding tert-OH is 1. The largest absolute Gasteiger partial charge is 0.480 e. The van der Waals surface area contributed by atoms with E-state index < -0.39 is 30.5 Å². The molecule has 0 aromatic heterocycles. The number of benzene rings is 1. The molecule has 0 aliphatic carbocycles. The summed E-state index contributed by atoms with van der Waals surface area (Å²) in [5.41, 5.74) is 0.747. The van der Waals surface area contributed by atoms with E-state index in [1.165, 1.54) is 14.2 Å². The molecule has 0 heterocycles. The van der Waals surface area contributed by atoms with E-state index >= 15 is 0 Å². The van der Waals surface area contributed by atoms with E-state index in [0.717, 1.165) is 5.56 Å². The molecule has 3 N–H and O–H groups in total. The van der Waals surface area contributed by atoms with E-state index in [1.54, 1.807) is 24.3 Å². The van der Waals surface area contributed by atoms with Crippen molar-refractivity contribution in [3.8, 4) is 0 Å². The monoisotopic (exact) mass is 313 g/mol. The van der Waals surface area contributed by atoms with Crippen molar-refractivity contribution < 1.29 is 34.0 Å². The molecule has 0 spiro atoms. The SMILES string of the molecule is COC(OC)[C@H](O)[C@H](NC(=O)OCc1ccccc1)C(=O)O. The number of carbonyl (C=O) groups excluding carboxylic acids is 1. The highest BCUT2D eigenvalue weighted by molar-refractivity contribution is 5.80. The Morgan fingerprint density at radius 3 is 2.27 bits per heavy atom. The van der Waals surface area contributed by atoms with Crippen LogP contribution in [-0.2, 0) is 25.6 Å². The first-order valence-electron chi connectivity index (χ1n) is 6.43. The van der Waals surface area contributed by atoms with Gasteiger partial charge in [-0.3, -0.25) is 0 Å². The second kappa shape index (κ2) is 8.98. The van der Waals surface area contributed by atoms with Gasteiger partial charge in [-0.2, -0.15) is 0 Å². The lowest BCUT2D eigenvalue weighted by molar-refractivity contribution is -0.180. The maximum Gasteiger partial charge on any atom is 0.408 e. The summed E-state index contributed by atoms with van der Waals surface area (Å²) < 4.78 is 14.5. The number of hydrogen-bond acceptors (Lipinski definition) is 6. The Labute approximate surface area is 127 Å². The van der Waals surface area contributed by atoms with Gasteiger partial charge in [0, 0.05) is 14.2 Å². The number of aliphatic hydroxyl groups is 1. The molecule has 0 saturated heterocycles. The molecule has 0 bridgehead atoms. The molecular weight excluding hydrogens is 294 g/mol. The fourth-order valence-corrected chi connectivity index (χ4v) is 1.72. The molecule has 1 aromatic rings. The fourth-order valence-electron chi connectivity index (χ4n) is 1.72. The first-order valence-corrected chi connectivity index (χ1v) is 6.43. The number of rotatable bonds is 8. The number of ether oxygens (including phenoxy) is 3. The number of amides is 1. The van der Waals surface area contributed by atoms with Crippen LogP contribution in [-0.4, -0.2) is 54.9 Å². The Hall–Kier alpha value is -2.16. The Bertz CT molecular complexity index is 475. The zero-order valence-electron chi connectivity index (χ0n) is 12.3. The van der Waals surface area contributed by atoms with Gasteiger partial charge in [-0.1, -0.05) is 30.3 Å². The van der Waals surface area contributed by atoms with Crippen LogP contribution in [0.4, 0.5) is 4.79 Å². The number of carboxylic acid groups (broad SMARTS) is 1. The van der Waals surface area contributed by atoms with Crippen molar-refractivity contribution in [2.24, 2.45) is 0 Å². The summed E-state index contributed by atoms with van der Waals surface area (Å²) >= 11 is 0. The fraction of sp³-hybridized carbons (Fsp3) is 0.429. The average Bonchev–Trinajstić information content (AvgIpc) is 2.52. The first-order chi connectivity index (χ1) is 10.5. The van der Waals surface area contributed by atoms with Crippen LogP contribution in [0.5, 0.6) is 0 Å². The molecule has 22 heavy (non-hydrogen) atoms. The highest BCUT2D eigenvalue weighted by Crippen LogP contribution is 2.06. The maximum absolute atomic E-state index is 11.6. The summed E-state index contributed by atoms with van der Waals surface area (Å²) in [6, 6.07) is 7.25. The first kappa shape index (κ1) is 17.9. The molecule has 1 amide bonds. The lowest BCUT2D eigenvalue weighted by atomic mass is 10.1. The topological polar surface area (TPSA) is 114 Å². The molecule has 0 saturated carbocycles. The number of hydrogen-bond donors (Lipinski definition) is 3. The zero-order valence-corrected chi connectivity index (χ0v) is 12.3. The minimum Gasteiger partial charge on any atom is -0.480 e. The van der Waals surface area contributed by atoms with Gasteiger partial charge < -0.3 is 29.7 Å². The van der Waals surface area contributed by atoms with Crippen LogP contribution in [0, 0.1) is 0 Å². The van der Waals surface area contributed by atoms with E-state index in [0.29, 0.717) is 0 Å². The molecule has 0 radical (unpaired) electrons. The third-order valence-electron chi connectivity index (χ3n) is 2.84. The lowest BCUT2D eigenvalue weighted by Crippen LogP contribution is -2.54. The van der Waals surface area contributed by atoms with Crippen LogP contribution in [0.2, 0.25) is 0 Å². The molecule has 1 rings (SSSR count). The van der Waals surface area contributed by atoms with E-state index in [1.807, 2.05) is 6.07 Å². The minimum absolute atomic E-state index is 0.0207. The summed E-state index contributed by atoms with van der Waals surface area (Å²) in [5, 5.41) is 21.0. The van der Waals surface area contributed by atoms with Gasteiger partial charge in [0.25, 0.3) is 0 Å². The quantitative estimate of drug-likeness (QED) is 0.593. The number of alkyl carbamates (subject to hydrolysis) is 1.